The number of pyridine rings is 1. The Kier molecular flexibility index (Phi) is 3.73. The second kappa shape index (κ2) is 4.75. The fourth-order valence-electron chi connectivity index (χ4n) is 1.34. The van der Waals surface area contributed by atoms with Gasteiger partial charge in [-0.25, -0.2) is 18.6 Å². The molecule has 0 fully saturated rings. The summed E-state index contributed by atoms with van der Waals surface area (Å²) < 4.78 is 67.4. The number of nitrogen functional groups attached to an aromatic ring is 1. The molecule has 0 atom stereocenters. The zero-order valence-corrected chi connectivity index (χ0v) is 8.89. The molecular formula is C9H7F5N2O2. The molecule has 0 radical (unpaired) electrons. The number of rotatable bonds is 2. The van der Waals surface area contributed by atoms with E-state index in [2.05, 4.69) is 9.72 Å². The molecule has 0 unspecified atom stereocenters. The lowest BCUT2D eigenvalue weighted by Gasteiger charge is -2.16. The smallest absolute Gasteiger partial charge is 0.420 e. The van der Waals surface area contributed by atoms with Gasteiger partial charge in [0, 0.05) is 11.8 Å². The summed E-state index contributed by atoms with van der Waals surface area (Å²) in [6.07, 6.45) is -8.16. The van der Waals surface area contributed by atoms with Crippen LogP contribution in [-0.2, 0) is 10.9 Å². The highest BCUT2D eigenvalue weighted by molar-refractivity contribution is 5.91. The standard InChI is InChI=1S/C9H7F5N2O2/c1-18-8(17)3-2-16-7(15)5(9(12,13)14)4(3)6(10)11/h2,6H,1H3,(H2,15,16). The molecule has 18 heavy (non-hydrogen) atoms. The first-order valence-electron chi connectivity index (χ1n) is 4.42. The van der Waals surface area contributed by atoms with Crippen LogP contribution in [0.3, 0.4) is 0 Å². The van der Waals surface area contributed by atoms with Crippen LogP contribution in [0.2, 0.25) is 0 Å². The van der Waals surface area contributed by atoms with Gasteiger partial charge in [-0.05, 0) is 0 Å². The van der Waals surface area contributed by atoms with Crippen molar-refractivity contribution in [2.24, 2.45) is 0 Å². The number of alkyl halides is 5. The fraction of sp³-hybridized carbons (Fsp3) is 0.333. The predicted octanol–water partition coefficient (Wildman–Crippen LogP) is 2.41. The van der Waals surface area contributed by atoms with Crippen LogP contribution in [0.1, 0.15) is 27.9 Å². The van der Waals surface area contributed by atoms with Gasteiger partial charge in [-0.15, -0.1) is 0 Å². The zero-order chi connectivity index (χ0) is 14.1. The van der Waals surface area contributed by atoms with Crippen molar-refractivity contribution in [1.82, 2.24) is 4.98 Å². The molecule has 0 bridgehead atoms. The van der Waals surface area contributed by atoms with Gasteiger partial charge in [0.25, 0.3) is 6.43 Å². The first-order valence-corrected chi connectivity index (χ1v) is 4.42. The average Bonchev–Trinajstić information content (AvgIpc) is 2.25. The fourth-order valence-corrected chi connectivity index (χ4v) is 1.34. The molecule has 1 aromatic rings. The summed E-state index contributed by atoms with van der Waals surface area (Å²) in [6.45, 7) is 0. The second-order valence-corrected chi connectivity index (χ2v) is 3.14. The van der Waals surface area contributed by atoms with Crippen LogP contribution in [0, 0.1) is 0 Å². The summed E-state index contributed by atoms with van der Waals surface area (Å²) in [5.41, 5.74) is 0.630. The molecule has 100 valence electrons. The first kappa shape index (κ1) is 14.1. The Labute approximate surface area is 97.6 Å². The van der Waals surface area contributed by atoms with E-state index in [1.165, 1.54) is 0 Å². The van der Waals surface area contributed by atoms with E-state index >= 15 is 0 Å². The maximum atomic E-state index is 12.7. The number of nitrogens with zero attached hydrogens (tertiary/aromatic N) is 1. The van der Waals surface area contributed by atoms with Crippen LogP contribution in [0.5, 0.6) is 0 Å². The number of esters is 1. The van der Waals surface area contributed by atoms with Crippen molar-refractivity contribution in [2.75, 3.05) is 12.8 Å². The molecule has 0 aliphatic heterocycles. The third-order valence-corrected chi connectivity index (χ3v) is 2.06. The molecule has 0 spiro atoms. The maximum Gasteiger partial charge on any atom is 0.420 e. The summed E-state index contributed by atoms with van der Waals surface area (Å²) in [5.74, 6) is -2.46. The highest BCUT2D eigenvalue weighted by Crippen LogP contribution is 2.40. The monoisotopic (exact) mass is 270 g/mol. The molecule has 0 saturated carbocycles. The quantitative estimate of drug-likeness (QED) is 0.662. The van der Waals surface area contributed by atoms with E-state index in [4.69, 9.17) is 5.73 Å². The molecular weight excluding hydrogens is 263 g/mol. The number of carbonyl (C=O) groups excluding carboxylic acids is 1. The van der Waals surface area contributed by atoms with E-state index in [0.717, 1.165) is 7.11 Å². The van der Waals surface area contributed by atoms with Gasteiger partial charge < -0.3 is 10.5 Å². The van der Waals surface area contributed by atoms with Crippen LogP contribution >= 0.6 is 0 Å². The van der Waals surface area contributed by atoms with Gasteiger partial charge in [0.2, 0.25) is 0 Å². The van der Waals surface area contributed by atoms with Gasteiger partial charge in [-0.3, -0.25) is 0 Å². The summed E-state index contributed by atoms with van der Waals surface area (Å²) in [7, 11) is 0.848. The highest BCUT2D eigenvalue weighted by atomic mass is 19.4. The molecule has 4 nitrogen and oxygen atoms in total. The number of methoxy groups -OCH3 is 1. The molecule has 1 heterocycles. The average molecular weight is 270 g/mol. The molecule has 0 amide bonds. The molecule has 9 heteroatoms. The van der Waals surface area contributed by atoms with Gasteiger partial charge in [0.1, 0.15) is 11.4 Å². The number of aromatic nitrogens is 1. The Morgan fingerprint density at radius 1 is 1.44 bits per heavy atom. The minimum atomic E-state index is -5.15. The topological polar surface area (TPSA) is 65.2 Å². The number of hydrogen-bond donors (Lipinski definition) is 1. The van der Waals surface area contributed by atoms with Gasteiger partial charge >= 0.3 is 12.1 Å². The number of halogens is 5. The summed E-state index contributed by atoms with van der Waals surface area (Å²) in [5, 5.41) is 0. The third-order valence-electron chi connectivity index (χ3n) is 2.06. The molecule has 1 rings (SSSR count). The predicted molar refractivity (Wildman–Crippen MR) is 49.9 cm³/mol. The Morgan fingerprint density at radius 3 is 2.39 bits per heavy atom. The van der Waals surface area contributed by atoms with Crippen LogP contribution in [-0.4, -0.2) is 18.1 Å². The Morgan fingerprint density at radius 2 is 2.00 bits per heavy atom. The number of nitrogens with two attached hydrogens (primary N) is 1. The van der Waals surface area contributed by atoms with Crippen LogP contribution in [0.25, 0.3) is 0 Å². The molecule has 0 aliphatic carbocycles. The van der Waals surface area contributed by atoms with Crippen LogP contribution in [0.4, 0.5) is 27.8 Å². The largest absolute Gasteiger partial charge is 0.465 e. The van der Waals surface area contributed by atoms with Gasteiger partial charge in [0.15, 0.2) is 0 Å². The molecule has 2 N–H and O–H groups in total. The van der Waals surface area contributed by atoms with E-state index in [1.807, 2.05) is 0 Å². The Balaban J connectivity index is 3.64. The number of hydrogen-bond acceptors (Lipinski definition) is 4. The Hall–Kier alpha value is -1.93. The SMILES string of the molecule is COC(=O)c1cnc(N)c(C(F)(F)F)c1C(F)F. The van der Waals surface area contributed by atoms with Crippen molar-refractivity contribution in [1.29, 1.82) is 0 Å². The van der Waals surface area contributed by atoms with Crippen molar-refractivity contribution >= 4 is 11.8 Å². The summed E-state index contributed by atoms with van der Waals surface area (Å²) >= 11 is 0. The van der Waals surface area contributed by atoms with Crippen molar-refractivity contribution in [3.8, 4) is 0 Å². The highest BCUT2D eigenvalue weighted by Gasteiger charge is 2.41. The normalized spacial score (nSPS) is 11.7. The molecule has 1 aromatic heterocycles. The van der Waals surface area contributed by atoms with E-state index in [9.17, 15) is 26.7 Å². The minimum absolute atomic E-state index is 0.526. The van der Waals surface area contributed by atoms with E-state index in [-0.39, 0.29) is 0 Å². The summed E-state index contributed by atoms with van der Waals surface area (Å²) in [6, 6.07) is 0. The lowest BCUT2D eigenvalue weighted by Crippen LogP contribution is -2.19. The van der Waals surface area contributed by atoms with Crippen molar-refractivity contribution in [3.05, 3.63) is 22.9 Å². The van der Waals surface area contributed by atoms with E-state index in [1.54, 1.807) is 0 Å². The summed E-state index contributed by atoms with van der Waals surface area (Å²) in [4.78, 5) is 14.2. The number of ether oxygens (including phenoxy) is 1. The van der Waals surface area contributed by atoms with E-state index in [0.29, 0.717) is 6.20 Å². The lowest BCUT2D eigenvalue weighted by molar-refractivity contribution is -0.139. The first-order chi connectivity index (χ1) is 8.20. The number of carbonyl (C=O) groups is 1. The van der Waals surface area contributed by atoms with Crippen LogP contribution < -0.4 is 5.73 Å². The number of anilines is 1. The molecule has 0 saturated heterocycles. The van der Waals surface area contributed by atoms with Crippen molar-refractivity contribution in [2.45, 2.75) is 12.6 Å². The zero-order valence-electron chi connectivity index (χ0n) is 8.89. The third kappa shape index (κ3) is 2.49. The molecule has 0 aliphatic rings. The van der Waals surface area contributed by atoms with Crippen molar-refractivity contribution in [3.63, 3.8) is 0 Å². The van der Waals surface area contributed by atoms with E-state index < -0.39 is 41.1 Å². The van der Waals surface area contributed by atoms with Gasteiger partial charge in [-0.2, -0.15) is 13.2 Å². The second-order valence-electron chi connectivity index (χ2n) is 3.14. The minimum Gasteiger partial charge on any atom is -0.465 e. The van der Waals surface area contributed by atoms with Crippen LogP contribution in [0.15, 0.2) is 6.20 Å². The van der Waals surface area contributed by atoms with Gasteiger partial charge in [0.05, 0.1) is 12.7 Å². The lowest BCUT2D eigenvalue weighted by atomic mass is 10.0. The molecule has 0 aromatic carbocycles. The van der Waals surface area contributed by atoms with Crippen molar-refractivity contribution < 1.29 is 31.5 Å². The Bertz CT molecular complexity index is 473. The maximum absolute atomic E-state index is 12.7. The van der Waals surface area contributed by atoms with Gasteiger partial charge in [-0.1, -0.05) is 0 Å².